The molecule has 0 saturated carbocycles. The summed E-state index contributed by atoms with van der Waals surface area (Å²) in [6, 6.07) is 12.3. The third-order valence-electron chi connectivity index (χ3n) is 4.37. The number of aliphatic hydroxyl groups excluding tert-OH is 1. The molecule has 0 aliphatic carbocycles. The number of ether oxygens (including phenoxy) is 2. The molecule has 1 saturated heterocycles. The zero-order valence-electron chi connectivity index (χ0n) is 13.3. The van der Waals surface area contributed by atoms with Crippen molar-refractivity contribution in [2.24, 2.45) is 0 Å². The van der Waals surface area contributed by atoms with Crippen molar-refractivity contribution in [1.82, 2.24) is 0 Å². The lowest BCUT2D eigenvalue weighted by atomic mass is 9.90. The van der Waals surface area contributed by atoms with Gasteiger partial charge < -0.3 is 14.6 Å². The van der Waals surface area contributed by atoms with E-state index in [0.717, 1.165) is 27.8 Å². The minimum atomic E-state index is -0.468. The van der Waals surface area contributed by atoms with E-state index in [0.29, 0.717) is 13.2 Å². The first-order chi connectivity index (χ1) is 10.6. The Kier molecular flexibility index (Phi) is 4.30. The average molecular weight is 298 g/mol. The molecule has 1 heterocycles. The largest absolute Gasteiger partial charge is 0.389 e. The topological polar surface area (TPSA) is 38.7 Å². The molecule has 3 heteroatoms. The lowest BCUT2D eigenvalue weighted by molar-refractivity contribution is -0.0445. The van der Waals surface area contributed by atoms with E-state index in [1.54, 1.807) is 6.92 Å². The first-order valence-electron chi connectivity index (χ1n) is 7.70. The Bertz CT molecular complexity index is 670. The van der Waals surface area contributed by atoms with Crippen molar-refractivity contribution in [1.29, 1.82) is 0 Å². The van der Waals surface area contributed by atoms with Crippen LogP contribution in [0.15, 0.2) is 36.4 Å². The van der Waals surface area contributed by atoms with Crippen LogP contribution >= 0.6 is 0 Å². The lowest BCUT2D eigenvalue weighted by Crippen LogP contribution is -2.03. The molecule has 2 aromatic rings. The summed E-state index contributed by atoms with van der Waals surface area (Å²) >= 11 is 0. The summed E-state index contributed by atoms with van der Waals surface area (Å²) in [7, 11) is 0. The fraction of sp³-hybridized carbons (Fsp3) is 0.368. The second-order valence-corrected chi connectivity index (χ2v) is 5.79. The molecule has 1 N–H and O–H groups in total. The normalized spacial score (nSPS) is 16.9. The molecule has 1 unspecified atom stereocenters. The van der Waals surface area contributed by atoms with E-state index in [9.17, 15) is 5.11 Å². The van der Waals surface area contributed by atoms with E-state index in [1.807, 2.05) is 18.2 Å². The van der Waals surface area contributed by atoms with Crippen molar-refractivity contribution in [2.75, 3.05) is 13.2 Å². The zero-order chi connectivity index (χ0) is 15.7. The average Bonchev–Trinajstić information content (AvgIpc) is 3.02. The Morgan fingerprint density at radius 1 is 0.955 bits per heavy atom. The molecule has 1 fully saturated rings. The first-order valence-corrected chi connectivity index (χ1v) is 7.70. The standard InChI is InChI=1S/C19H22O3/c1-12-15(14(3)20)6-4-7-16(12)17-8-5-9-18(13(17)2)19-21-10-11-22-19/h4-9,14,19-20H,10-11H2,1-3H3. The van der Waals surface area contributed by atoms with Crippen molar-refractivity contribution >= 4 is 0 Å². The van der Waals surface area contributed by atoms with E-state index in [4.69, 9.17) is 9.47 Å². The molecular formula is C19H22O3. The molecule has 0 radical (unpaired) electrons. The highest BCUT2D eigenvalue weighted by molar-refractivity contribution is 5.72. The third kappa shape index (κ3) is 2.68. The molecule has 1 atom stereocenters. The van der Waals surface area contributed by atoms with Crippen LogP contribution in [0.3, 0.4) is 0 Å². The van der Waals surface area contributed by atoms with Gasteiger partial charge in [-0.05, 0) is 48.6 Å². The van der Waals surface area contributed by atoms with Crippen LogP contribution in [0.25, 0.3) is 11.1 Å². The zero-order valence-corrected chi connectivity index (χ0v) is 13.3. The number of hydrogen-bond acceptors (Lipinski definition) is 3. The molecule has 0 amide bonds. The number of rotatable bonds is 3. The summed E-state index contributed by atoms with van der Waals surface area (Å²) in [6.45, 7) is 7.25. The van der Waals surface area contributed by atoms with Crippen molar-refractivity contribution < 1.29 is 14.6 Å². The molecule has 22 heavy (non-hydrogen) atoms. The highest BCUT2D eigenvalue weighted by Crippen LogP contribution is 2.35. The molecule has 3 nitrogen and oxygen atoms in total. The van der Waals surface area contributed by atoms with Gasteiger partial charge in [0.25, 0.3) is 0 Å². The van der Waals surface area contributed by atoms with Crippen molar-refractivity contribution in [3.63, 3.8) is 0 Å². The van der Waals surface area contributed by atoms with Gasteiger partial charge in [0.05, 0.1) is 19.3 Å². The van der Waals surface area contributed by atoms with Crippen LogP contribution in [0.1, 0.15) is 41.6 Å². The SMILES string of the molecule is Cc1c(-c2cccc(C3OCCO3)c2C)cccc1C(C)O. The molecule has 1 aliphatic rings. The summed E-state index contributed by atoms with van der Waals surface area (Å²) in [5, 5.41) is 9.93. The predicted octanol–water partition coefficient (Wildman–Crippen LogP) is 4.07. The highest BCUT2D eigenvalue weighted by Gasteiger charge is 2.22. The summed E-state index contributed by atoms with van der Waals surface area (Å²) < 4.78 is 11.3. The maximum absolute atomic E-state index is 9.93. The van der Waals surface area contributed by atoms with Crippen molar-refractivity contribution in [3.05, 3.63) is 58.7 Å². The molecule has 116 valence electrons. The van der Waals surface area contributed by atoms with Crippen LogP contribution in [0.4, 0.5) is 0 Å². The van der Waals surface area contributed by atoms with Gasteiger partial charge in [0.2, 0.25) is 0 Å². The Morgan fingerprint density at radius 3 is 2.18 bits per heavy atom. The summed E-state index contributed by atoms with van der Waals surface area (Å²) in [4.78, 5) is 0. The highest BCUT2D eigenvalue weighted by atomic mass is 16.7. The Balaban J connectivity index is 2.09. The van der Waals surface area contributed by atoms with Gasteiger partial charge in [-0.25, -0.2) is 0 Å². The fourth-order valence-corrected chi connectivity index (χ4v) is 3.14. The second kappa shape index (κ2) is 6.21. The smallest absolute Gasteiger partial charge is 0.184 e. The number of hydrogen-bond donors (Lipinski definition) is 1. The minimum absolute atomic E-state index is 0.264. The second-order valence-electron chi connectivity index (χ2n) is 5.79. The van der Waals surface area contributed by atoms with Crippen LogP contribution in [0, 0.1) is 13.8 Å². The first kappa shape index (κ1) is 15.2. The fourth-order valence-electron chi connectivity index (χ4n) is 3.14. The maximum atomic E-state index is 9.93. The van der Waals surface area contributed by atoms with Crippen molar-refractivity contribution in [2.45, 2.75) is 33.2 Å². The van der Waals surface area contributed by atoms with Gasteiger partial charge in [-0.3, -0.25) is 0 Å². The van der Waals surface area contributed by atoms with Crippen LogP contribution in [0.2, 0.25) is 0 Å². The monoisotopic (exact) mass is 298 g/mol. The van der Waals surface area contributed by atoms with Crippen LogP contribution in [-0.4, -0.2) is 18.3 Å². The van der Waals surface area contributed by atoms with Gasteiger partial charge in [0.15, 0.2) is 6.29 Å². The minimum Gasteiger partial charge on any atom is -0.389 e. The van der Waals surface area contributed by atoms with E-state index in [-0.39, 0.29) is 6.29 Å². The molecule has 1 aliphatic heterocycles. The van der Waals surface area contributed by atoms with Crippen molar-refractivity contribution in [3.8, 4) is 11.1 Å². The number of aliphatic hydroxyl groups is 1. The van der Waals surface area contributed by atoms with E-state index < -0.39 is 6.10 Å². The van der Waals surface area contributed by atoms with Crippen LogP contribution in [-0.2, 0) is 9.47 Å². The molecule has 2 aromatic carbocycles. The van der Waals surface area contributed by atoms with E-state index in [1.165, 1.54) is 5.56 Å². The summed E-state index contributed by atoms with van der Waals surface area (Å²) in [5.74, 6) is 0. The van der Waals surface area contributed by atoms with Gasteiger partial charge in [-0.1, -0.05) is 36.4 Å². The molecular weight excluding hydrogens is 276 g/mol. The Hall–Kier alpha value is -1.68. The molecule has 0 bridgehead atoms. The number of benzene rings is 2. The lowest BCUT2D eigenvalue weighted by Gasteiger charge is -2.19. The quantitative estimate of drug-likeness (QED) is 0.928. The van der Waals surface area contributed by atoms with Crippen LogP contribution in [0.5, 0.6) is 0 Å². The Morgan fingerprint density at radius 2 is 1.55 bits per heavy atom. The summed E-state index contributed by atoms with van der Waals surface area (Å²) in [6.07, 6.45) is -0.731. The van der Waals surface area contributed by atoms with Gasteiger partial charge in [0, 0.05) is 5.56 Å². The van der Waals surface area contributed by atoms with E-state index in [2.05, 4.69) is 32.0 Å². The molecule has 3 rings (SSSR count). The van der Waals surface area contributed by atoms with Crippen LogP contribution < -0.4 is 0 Å². The maximum Gasteiger partial charge on any atom is 0.184 e. The molecule has 0 spiro atoms. The Labute approximate surface area is 131 Å². The van der Waals surface area contributed by atoms with Gasteiger partial charge in [-0.2, -0.15) is 0 Å². The van der Waals surface area contributed by atoms with Gasteiger partial charge in [-0.15, -0.1) is 0 Å². The third-order valence-corrected chi connectivity index (χ3v) is 4.37. The summed E-state index contributed by atoms with van der Waals surface area (Å²) in [5.41, 5.74) is 6.64. The van der Waals surface area contributed by atoms with Gasteiger partial charge in [0.1, 0.15) is 0 Å². The van der Waals surface area contributed by atoms with E-state index >= 15 is 0 Å². The predicted molar refractivity (Wildman–Crippen MR) is 86.6 cm³/mol. The van der Waals surface area contributed by atoms with Gasteiger partial charge >= 0.3 is 0 Å². The molecule has 0 aromatic heterocycles.